The molecule has 2 aliphatic rings. The molecule has 170 valence electrons. The van der Waals surface area contributed by atoms with E-state index in [1.54, 1.807) is 18.3 Å². The number of aromatic nitrogens is 1. The zero-order valence-electron chi connectivity index (χ0n) is 19.3. The van der Waals surface area contributed by atoms with Gasteiger partial charge in [-0.15, -0.1) is 0 Å². The topological polar surface area (TPSA) is 72.0 Å². The number of ether oxygens (including phenoxy) is 2. The summed E-state index contributed by atoms with van der Waals surface area (Å²) in [7, 11) is 0. The molecule has 1 saturated heterocycles. The maximum Gasteiger partial charge on any atom is 0.338 e. The smallest absolute Gasteiger partial charge is 0.338 e. The summed E-state index contributed by atoms with van der Waals surface area (Å²) >= 11 is 0. The van der Waals surface area contributed by atoms with E-state index in [-0.39, 0.29) is 11.9 Å². The number of nitrogens with zero attached hydrogens (tertiary/aromatic N) is 3. The number of anilines is 2. The Morgan fingerprint density at radius 2 is 1.78 bits per heavy atom. The van der Waals surface area contributed by atoms with Gasteiger partial charge in [0.1, 0.15) is 12.2 Å². The highest BCUT2D eigenvalue weighted by molar-refractivity contribution is 5.95. The number of hydrogen-bond donors (Lipinski definition) is 0. The summed E-state index contributed by atoms with van der Waals surface area (Å²) < 4.78 is 11.3. The summed E-state index contributed by atoms with van der Waals surface area (Å²) in [5.74, 6) is 0.960. The largest absolute Gasteiger partial charge is 0.488 e. The van der Waals surface area contributed by atoms with Gasteiger partial charge in [0.25, 0.3) is 5.91 Å². The van der Waals surface area contributed by atoms with Crippen molar-refractivity contribution >= 4 is 23.4 Å². The summed E-state index contributed by atoms with van der Waals surface area (Å²) in [6.45, 7) is 10.2. The number of rotatable bonds is 3. The Labute approximate surface area is 189 Å². The first-order valence-electron chi connectivity index (χ1n) is 11.3. The molecular weight excluding hydrogens is 406 g/mol. The highest BCUT2D eigenvalue weighted by Gasteiger charge is 2.26. The number of amides is 1. The third kappa shape index (κ3) is 4.71. The molecule has 4 rings (SSSR count). The van der Waals surface area contributed by atoms with Crippen LogP contribution in [0.5, 0.6) is 5.75 Å². The molecule has 7 heteroatoms. The third-order valence-electron chi connectivity index (χ3n) is 5.67. The maximum absolute atomic E-state index is 12.9. The van der Waals surface area contributed by atoms with E-state index < -0.39 is 5.60 Å². The highest BCUT2D eigenvalue weighted by Crippen LogP contribution is 2.37. The van der Waals surface area contributed by atoms with Crippen LogP contribution < -0.4 is 9.64 Å². The molecule has 1 amide bonds. The van der Waals surface area contributed by atoms with Crippen molar-refractivity contribution in [2.75, 3.05) is 31.1 Å². The fourth-order valence-electron chi connectivity index (χ4n) is 4.15. The quantitative estimate of drug-likeness (QED) is 0.659. The molecule has 0 N–H and O–H groups in total. The van der Waals surface area contributed by atoms with E-state index in [0.29, 0.717) is 35.8 Å². The fraction of sp³-hybridized carbons (Fsp3) is 0.480. The number of esters is 1. The molecule has 2 aliphatic heterocycles. The van der Waals surface area contributed by atoms with Crippen LogP contribution in [0, 0.1) is 6.92 Å². The van der Waals surface area contributed by atoms with Crippen LogP contribution in [-0.2, 0) is 4.74 Å². The van der Waals surface area contributed by atoms with E-state index in [4.69, 9.17) is 9.47 Å². The number of benzene rings is 1. The second-order valence-electron chi connectivity index (χ2n) is 9.40. The standard InChI is InChI=1S/C25H31N3O4/c1-17-14-18(24(30)32-25(2,3)4)8-9-20(17)28-12-13-31-21-15-19(16-26-22(21)28)23(29)27-10-6-5-7-11-27/h8-9,14-16H,5-7,10-13H2,1-4H3. The molecule has 2 aromatic rings. The Bertz CT molecular complexity index is 1020. The normalized spacial score (nSPS) is 16.2. The molecule has 1 fully saturated rings. The van der Waals surface area contributed by atoms with Crippen molar-refractivity contribution in [2.45, 2.75) is 52.6 Å². The maximum atomic E-state index is 12.9. The van der Waals surface area contributed by atoms with E-state index in [9.17, 15) is 9.59 Å². The van der Waals surface area contributed by atoms with Crippen molar-refractivity contribution in [3.8, 4) is 5.75 Å². The Hall–Kier alpha value is -3.09. The van der Waals surface area contributed by atoms with Crippen LogP contribution >= 0.6 is 0 Å². The Morgan fingerprint density at radius 1 is 1.03 bits per heavy atom. The first-order valence-corrected chi connectivity index (χ1v) is 11.3. The van der Waals surface area contributed by atoms with Gasteiger partial charge >= 0.3 is 5.97 Å². The van der Waals surface area contributed by atoms with Crippen molar-refractivity contribution < 1.29 is 19.1 Å². The molecular formula is C25H31N3O4. The van der Waals surface area contributed by atoms with Gasteiger partial charge < -0.3 is 19.3 Å². The number of piperidine rings is 1. The van der Waals surface area contributed by atoms with E-state index >= 15 is 0 Å². The molecule has 0 saturated carbocycles. The first kappa shape index (κ1) is 22.1. The number of carbonyl (C=O) groups excluding carboxylic acids is 2. The minimum Gasteiger partial charge on any atom is -0.488 e. The van der Waals surface area contributed by atoms with Crippen molar-refractivity contribution in [1.29, 1.82) is 0 Å². The van der Waals surface area contributed by atoms with Crippen LogP contribution in [0.1, 0.15) is 66.3 Å². The lowest BCUT2D eigenvalue weighted by Gasteiger charge is -2.32. The monoisotopic (exact) mass is 437 g/mol. The second-order valence-corrected chi connectivity index (χ2v) is 9.40. The SMILES string of the molecule is Cc1cc(C(=O)OC(C)(C)C)ccc1N1CCOc2cc(C(=O)N3CCCCC3)cnc21. The average molecular weight is 438 g/mol. The lowest BCUT2D eigenvalue weighted by atomic mass is 10.1. The van der Waals surface area contributed by atoms with E-state index in [0.717, 1.165) is 37.2 Å². The Balaban J connectivity index is 1.58. The van der Waals surface area contributed by atoms with Crippen molar-refractivity contribution in [3.63, 3.8) is 0 Å². The molecule has 0 radical (unpaired) electrons. The molecule has 7 nitrogen and oxygen atoms in total. The molecule has 0 bridgehead atoms. The zero-order valence-corrected chi connectivity index (χ0v) is 19.3. The van der Waals surface area contributed by atoms with Crippen LogP contribution in [0.3, 0.4) is 0 Å². The summed E-state index contributed by atoms with van der Waals surface area (Å²) in [6.07, 6.45) is 4.91. The van der Waals surface area contributed by atoms with Gasteiger partial charge in [0.15, 0.2) is 11.6 Å². The van der Waals surface area contributed by atoms with Gasteiger partial charge in [-0.3, -0.25) is 4.79 Å². The van der Waals surface area contributed by atoms with Gasteiger partial charge in [0, 0.05) is 25.0 Å². The molecule has 0 atom stereocenters. The van der Waals surface area contributed by atoms with Gasteiger partial charge in [-0.05, 0) is 76.8 Å². The summed E-state index contributed by atoms with van der Waals surface area (Å²) in [5, 5.41) is 0. The molecule has 32 heavy (non-hydrogen) atoms. The van der Waals surface area contributed by atoms with Gasteiger partial charge in [0.2, 0.25) is 0 Å². The van der Waals surface area contributed by atoms with Crippen molar-refractivity contribution in [3.05, 3.63) is 47.2 Å². The summed E-state index contributed by atoms with van der Waals surface area (Å²) in [6, 6.07) is 7.33. The molecule has 0 aliphatic carbocycles. The van der Waals surface area contributed by atoms with Gasteiger partial charge in [-0.25, -0.2) is 9.78 Å². The predicted octanol–water partition coefficient (Wildman–Crippen LogP) is 4.50. The number of carbonyl (C=O) groups is 2. The van der Waals surface area contributed by atoms with Crippen molar-refractivity contribution in [1.82, 2.24) is 9.88 Å². The first-order chi connectivity index (χ1) is 15.2. The minimum absolute atomic E-state index is 0.0126. The second kappa shape index (κ2) is 8.81. The average Bonchev–Trinajstić information content (AvgIpc) is 2.77. The van der Waals surface area contributed by atoms with Crippen LogP contribution in [-0.4, -0.2) is 53.6 Å². The van der Waals surface area contributed by atoms with E-state index in [2.05, 4.69) is 9.88 Å². The fourth-order valence-corrected chi connectivity index (χ4v) is 4.15. The number of pyridine rings is 1. The number of aryl methyl sites for hydroxylation is 1. The van der Waals surface area contributed by atoms with Crippen LogP contribution in [0.2, 0.25) is 0 Å². The van der Waals surface area contributed by atoms with E-state index in [1.807, 2.05) is 44.7 Å². The van der Waals surface area contributed by atoms with Crippen LogP contribution in [0.25, 0.3) is 0 Å². The number of hydrogen-bond acceptors (Lipinski definition) is 6. The highest BCUT2D eigenvalue weighted by atomic mass is 16.6. The summed E-state index contributed by atoms with van der Waals surface area (Å²) in [5.41, 5.74) is 2.43. The predicted molar refractivity (Wildman–Crippen MR) is 123 cm³/mol. The minimum atomic E-state index is -0.542. The number of likely N-dealkylation sites (tertiary alicyclic amines) is 1. The molecule has 3 heterocycles. The van der Waals surface area contributed by atoms with Crippen LogP contribution in [0.4, 0.5) is 11.5 Å². The molecule has 0 unspecified atom stereocenters. The summed E-state index contributed by atoms with van der Waals surface area (Å²) in [4.78, 5) is 33.9. The van der Waals surface area contributed by atoms with Gasteiger partial charge in [-0.1, -0.05) is 0 Å². The van der Waals surface area contributed by atoms with Gasteiger partial charge in [-0.2, -0.15) is 0 Å². The zero-order chi connectivity index (χ0) is 22.9. The van der Waals surface area contributed by atoms with Crippen LogP contribution in [0.15, 0.2) is 30.5 Å². The van der Waals surface area contributed by atoms with E-state index in [1.165, 1.54) is 6.42 Å². The lowest BCUT2D eigenvalue weighted by Crippen LogP contribution is -2.36. The lowest BCUT2D eigenvalue weighted by molar-refractivity contribution is 0.00693. The van der Waals surface area contributed by atoms with Crippen molar-refractivity contribution in [2.24, 2.45) is 0 Å². The molecule has 1 aromatic carbocycles. The molecule has 1 aromatic heterocycles. The Kier molecular flexibility index (Phi) is 6.09. The Morgan fingerprint density at radius 3 is 2.47 bits per heavy atom. The number of fused-ring (bicyclic) bond motifs is 1. The van der Waals surface area contributed by atoms with Gasteiger partial charge in [0.05, 0.1) is 17.7 Å². The molecule has 0 spiro atoms. The third-order valence-corrected chi connectivity index (χ3v) is 5.67.